The molecule has 2 aromatic heterocycles. The van der Waals surface area contributed by atoms with E-state index in [-0.39, 0.29) is 0 Å². The van der Waals surface area contributed by atoms with Gasteiger partial charge in [-0.3, -0.25) is 0 Å². The molecule has 2 heterocycles. The molecule has 0 saturated carbocycles. The Bertz CT molecular complexity index is 3040. The molecule has 3 heteroatoms. The van der Waals surface area contributed by atoms with Gasteiger partial charge in [0.2, 0.25) is 0 Å². The second-order valence-corrected chi connectivity index (χ2v) is 14.0. The van der Waals surface area contributed by atoms with Gasteiger partial charge in [-0.25, -0.2) is 0 Å². The van der Waals surface area contributed by atoms with Crippen LogP contribution in [0, 0.1) is 0 Å². The molecule has 2 aliphatic carbocycles. The molecule has 12 rings (SSSR count). The molecule has 0 saturated heterocycles. The van der Waals surface area contributed by atoms with E-state index in [0.29, 0.717) is 0 Å². The smallest absolute Gasteiger partial charge is 0.159 e. The highest BCUT2D eigenvalue weighted by molar-refractivity contribution is 6.16. The van der Waals surface area contributed by atoms with Crippen LogP contribution < -0.4 is 4.90 Å². The van der Waals surface area contributed by atoms with E-state index in [0.717, 1.165) is 60.9 Å². The van der Waals surface area contributed by atoms with E-state index in [1.807, 2.05) is 12.1 Å². The molecule has 8 aromatic carbocycles. The van der Waals surface area contributed by atoms with Gasteiger partial charge in [-0.2, -0.15) is 0 Å². The molecule has 10 aromatic rings. The second kappa shape index (κ2) is 10.1. The van der Waals surface area contributed by atoms with Crippen LogP contribution in [0.2, 0.25) is 0 Å². The minimum atomic E-state index is -0.458. The highest BCUT2D eigenvalue weighted by Gasteiger charge is 2.51. The monoisotopic (exact) mass is 663 g/mol. The van der Waals surface area contributed by atoms with Crippen molar-refractivity contribution in [2.45, 2.75) is 5.41 Å². The fourth-order valence-corrected chi connectivity index (χ4v) is 9.48. The first-order valence-electron chi connectivity index (χ1n) is 17.9. The van der Waals surface area contributed by atoms with Crippen LogP contribution in [0.3, 0.4) is 0 Å². The molecule has 0 fully saturated rings. The standard InChI is InChI=1S/C49H29NO2/c1-6-19-38-31(13-1)32-14-2-7-20-39(32)49(38)40-21-8-3-15-33(40)34-28-27-30(29-41(34)49)50(42-22-12-26-46-47(42)37-17-5-10-25-45(37)51-46)43-23-11-18-36-35-16-4-9-24-44(35)52-48(36)43/h1-29H. The molecule has 0 atom stereocenters. The SMILES string of the molecule is c1ccc2c(c1)-c1ccccc1C21c2ccccc2-c2ccc(N(c3cccc4c3oc3ccccc34)c3cccc4oc5ccccc5c34)cc21. The van der Waals surface area contributed by atoms with Gasteiger partial charge in [-0.1, -0.05) is 133 Å². The normalized spacial score (nSPS) is 13.5. The maximum Gasteiger partial charge on any atom is 0.159 e. The highest BCUT2D eigenvalue weighted by Crippen LogP contribution is 2.63. The molecule has 2 aliphatic rings. The van der Waals surface area contributed by atoms with E-state index < -0.39 is 5.41 Å². The number of para-hydroxylation sites is 3. The summed E-state index contributed by atoms with van der Waals surface area (Å²) >= 11 is 0. The van der Waals surface area contributed by atoms with Crippen molar-refractivity contribution < 1.29 is 8.83 Å². The molecule has 0 aliphatic heterocycles. The lowest BCUT2D eigenvalue weighted by atomic mass is 9.70. The van der Waals surface area contributed by atoms with Crippen molar-refractivity contribution in [1.29, 1.82) is 0 Å². The average Bonchev–Trinajstić information content (AvgIpc) is 3.94. The minimum absolute atomic E-state index is 0.458. The van der Waals surface area contributed by atoms with Gasteiger partial charge in [0, 0.05) is 21.8 Å². The summed E-state index contributed by atoms with van der Waals surface area (Å²) in [5.74, 6) is 0. The van der Waals surface area contributed by atoms with Crippen molar-refractivity contribution in [1.82, 2.24) is 0 Å². The van der Waals surface area contributed by atoms with Gasteiger partial charge >= 0.3 is 0 Å². The Morgan fingerprint density at radius 3 is 1.60 bits per heavy atom. The number of furan rings is 2. The fourth-order valence-electron chi connectivity index (χ4n) is 9.48. The first kappa shape index (κ1) is 27.9. The third-order valence-corrected chi connectivity index (χ3v) is 11.5. The van der Waals surface area contributed by atoms with Gasteiger partial charge in [-0.15, -0.1) is 0 Å². The maximum atomic E-state index is 6.75. The lowest BCUT2D eigenvalue weighted by Crippen LogP contribution is -2.26. The Kier molecular flexibility index (Phi) is 5.43. The molecule has 3 nitrogen and oxygen atoms in total. The molecule has 1 spiro atoms. The third kappa shape index (κ3) is 3.45. The van der Waals surface area contributed by atoms with E-state index in [4.69, 9.17) is 8.83 Å². The van der Waals surface area contributed by atoms with E-state index in [2.05, 4.69) is 169 Å². The van der Waals surface area contributed by atoms with Crippen molar-refractivity contribution in [3.05, 3.63) is 198 Å². The Morgan fingerprint density at radius 1 is 0.365 bits per heavy atom. The number of benzene rings is 8. The molecule has 0 amide bonds. The number of rotatable bonds is 3. The zero-order chi connectivity index (χ0) is 34.0. The number of fused-ring (bicyclic) bond motifs is 16. The summed E-state index contributed by atoms with van der Waals surface area (Å²) in [6, 6.07) is 63.5. The molecule has 0 radical (unpaired) electrons. The van der Waals surface area contributed by atoms with Gasteiger partial charge < -0.3 is 13.7 Å². The Hall–Kier alpha value is -6.84. The lowest BCUT2D eigenvalue weighted by Gasteiger charge is -2.32. The lowest BCUT2D eigenvalue weighted by molar-refractivity contribution is 0.668. The predicted molar refractivity (Wildman–Crippen MR) is 212 cm³/mol. The summed E-state index contributed by atoms with van der Waals surface area (Å²) in [4.78, 5) is 2.39. The topological polar surface area (TPSA) is 29.5 Å². The van der Waals surface area contributed by atoms with Gasteiger partial charge in [0.1, 0.15) is 16.7 Å². The third-order valence-electron chi connectivity index (χ3n) is 11.5. The minimum Gasteiger partial charge on any atom is -0.456 e. The summed E-state index contributed by atoms with van der Waals surface area (Å²) in [7, 11) is 0. The fraction of sp³-hybridized carbons (Fsp3) is 0.0204. The number of hydrogen-bond acceptors (Lipinski definition) is 3. The van der Waals surface area contributed by atoms with Crippen LogP contribution in [-0.2, 0) is 5.41 Å². The molecular formula is C49H29NO2. The van der Waals surface area contributed by atoms with Crippen LogP contribution in [0.5, 0.6) is 0 Å². The summed E-state index contributed by atoms with van der Waals surface area (Å²) < 4.78 is 13.2. The second-order valence-electron chi connectivity index (χ2n) is 14.0. The Labute approximate surface area is 299 Å². The van der Waals surface area contributed by atoms with E-state index in [9.17, 15) is 0 Å². The first-order chi connectivity index (χ1) is 25.8. The zero-order valence-corrected chi connectivity index (χ0v) is 28.0. The maximum absolute atomic E-state index is 6.75. The van der Waals surface area contributed by atoms with Crippen molar-refractivity contribution in [2.24, 2.45) is 0 Å². The van der Waals surface area contributed by atoms with Gasteiger partial charge in [0.25, 0.3) is 0 Å². The molecule has 0 bridgehead atoms. The van der Waals surface area contributed by atoms with Gasteiger partial charge in [0.05, 0.1) is 22.2 Å². The zero-order valence-electron chi connectivity index (χ0n) is 28.0. The largest absolute Gasteiger partial charge is 0.456 e. The first-order valence-corrected chi connectivity index (χ1v) is 17.9. The van der Waals surface area contributed by atoms with Crippen LogP contribution >= 0.6 is 0 Å². The summed E-state index contributed by atoms with van der Waals surface area (Å²) in [5.41, 5.74) is 16.5. The van der Waals surface area contributed by atoms with E-state index >= 15 is 0 Å². The molecular weight excluding hydrogens is 635 g/mol. The van der Waals surface area contributed by atoms with Crippen molar-refractivity contribution >= 4 is 60.9 Å². The van der Waals surface area contributed by atoms with Crippen LogP contribution in [-0.4, -0.2) is 0 Å². The van der Waals surface area contributed by atoms with Crippen molar-refractivity contribution in [3.8, 4) is 22.3 Å². The highest BCUT2D eigenvalue weighted by atomic mass is 16.3. The summed E-state index contributed by atoms with van der Waals surface area (Å²) in [5, 5.41) is 4.35. The number of anilines is 3. The molecule has 0 unspecified atom stereocenters. The van der Waals surface area contributed by atoms with Crippen LogP contribution in [0.15, 0.2) is 185 Å². The predicted octanol–water partition coefficient (Wildman–Crippen LogP) is 13.3. The van der Waals surface area contributed by atoms with Gasteiger partial charge in [0.15, 0.2) is 5.58 Å². The van der Waals surface area contributed by atoms with Crippen molar-refractivity contribution in [3.63, 3.8) is 0 Å². The Morgan fingerprint density at radius 2 is 0.885 bits per heavy atom. The van der Waals surface area contributed by atoms with E-state index in [1.54, 1.807) is 0 Å². The number of nitrogens with zero attached hydrogens (tertiary/aromatic N) is 1. The Balaban J connectivity index is 1.21. The van der Waals surface area contributed by atoms with E-state index in [1.165, 1.54) is 44.5 Å². The van der Waals surface area contributed by atoms with Crippen molar-refractivity contribution in [2.75, 3.05) is 4.90 Å². The van der Waals surface area contributed by atoms with Crippen LogP contribution in [0.4, 0.5) is 17.1 Å². The van der Waals surface area contributed by atoms with Crippen LogP contribution in [0.25, 0.3) is 66.1 Å². The molecule has 242 valence electrons. The number of hydrogen-bond donors (Lipinski definition) is 0. The van der Waals surface area contributed by atoms with Crippen LogP contribution in [0.1, 0.15) is 22.3 Å². The summed E-state index contributed by atoms with van der Waals surface area (Å²) in [6.45, 7) is 0. The summed E-state index contributed by atoms with van der Waals surface area (Å²) in [6.07, 6.45) is 0. The molecule has 0 N–H and O–H groups in total. The average molecular weight is 664 g/mol. The van der Waals surface area contributed by atoms with Gasteiger partial charge in [-0.05, 0) is 87.0 Å². The quantitative estimate of drug-likeness (QED) is 0.188. The molecule has 52 heavy (non-hydrogen) atoms.